The molecule has 1 aromatic heterocycles. The van der Waals surface area contributed by atoms with Gasteiger partial charge in [0.25, 0.3) is 0 Å². The van der Waals surface area contributed by atoms with Crippen molar-refractivity contribution in [3.8, 4) is 0 Å². The van der Waals surface area contributed by atoms with Crippen LogP contribution in [0.15, 0.2) is 0 Å². The second-order valence-electron chi connectivity index (χ2n) is 5.14. The number of aryl methyl sites for hydroxylation is 1. The number of hydrogen-bond donors (Lipinski definition) is 1. The van der Waals surface area contributed by atoms with Crippen LogP contribution >= 0.6 is 0 Å². The van der Waals surface area contributed by atoms with Gasteiger partial charge in [0.1, 0.15) is 5.82 Å². The average molecular weight is 220 g/mol. The summed E-state index contributed by atoms with van der Waals surface area (Å²) in [5.41, 5.74) is 0. The molecule has 1 aliphatic heterocycles. The first-order valence-electron chi connectivity index (χ1n) is 6.46. The summed E-state index contributed by atoms with van der Waals surface area (Å²) in [6, 6.07) is 0.615. The summed E-state index contributed by atoms with van der Waals surface area (Å²) >= 11 is 0. The summed E-state index contributed by atoms with van der Waals surface area (Å²) in [4.78, 5) is 4.68. The molecule has 1 atom stereocenters. The molecule has 1 saturated carbocycles. The van der Waals surface area contributed by atoms with E-state index in [2.05, 4.69) is 15.4 Å². The molecule has 2 fully saturated rings. The lowest BCUT2D eigenvalue weighted by molar-refractivity contribution is 0.390. The standard InChI is InChI=1S/C12H20N4/c1-16-11(8-10-4-2-3-7-13-10)14-12(15-16)9-5-6-9/h9-10,13H,2-8H2,1H3. The predicted molar refractivity (Wildman–Crippen MR) is 62.3 cm³/mol. The van der Waals surface area contributed by atoms with Crippen LogP contribution < -0.4 is 5.32 Å². The van der Waals surface area contributed by atoms with Crippen LogP contribution in [0, 0.1) is 0 Å². The predicted octanol–water partition coefficient (Wildman–Crippen LogP) is 1.38. The third kappa shape index (κ3) is 2.12. The summed E-state index contributed by atoms with van der Waals surface area (Å²) in [6.45, 7) is 1.16. The fourth-order valence-electron chi connectivity index (χ4n) is 2.45. The van der Waals surface area contributed by atoms with Crippen LogP contribution in [0.2, 0.25) is 0 Å². The fraction of sp³-hybridized carbons (Fsp3) is 0.833. The molecule has 1 N–H and O–H groups in total. The molecule has 0 bridgehead atoms. The van der Waals surface area contributed by atoms with E-state index in [-0.39, 0.29) is 0 Å². The van der Waals surface area contributed by atoms with Crippen molar-refractivity contribution in [2.45, 2.75) is 50.5 Å². The first-order chi connectivity index (χ1) is 7.83. The lowest BCUT2D eigenvalue weighted by atomic mass is 10.0. The van der Waals surface area contributed by atoms with Gasteiger partial charge in [-0.3, -0.25) is 4.68 Å². The molecule has 16 heavy (non-hydrogen) atoms. The van der Waals surface area contributed by atoms with Crippen LogP contribution in [0.1, 0.15) is 49.7 Å². The summed E-state index contributed by atoms with van der Waals surface area (Å²) in [5.74, 6) is 2.90. The normalized spacial score (nSPS) is 25.9. The van der Waals surface area contributed by atoms with Gasteiger partial charge in [-0.05, 0) is 32.2 Å². The van der Waals surface area contributed by atoms with Gasteiger partial charge in [0.15, 0.2) is 5.82 Å². The van der Waals surface area contributed by atoms with Gasteiger partial charge in [0.05, 0.1) is 0 Å². The molecule has 1 aliphatic carbocycles. The third-order valence-electron chi connectivity index (χ3n) is 3.65. The minimum atomic E-state index is 0.615. The maximum absolute atomic E-state index is 4.68. The minimum absolute atomic E-state index is 0.615. The first-order valence-corrected chi connectivity index (χ1v) is 6.46. The first kappa shape index (κ1) is 10.3. The second-order valence-corrected chi connectivity index (χ2v) is 5.14. The van der Waals surface area contributed by atoms with Crippen molar-refractivity contribution in [3.05, 3.63) is 11.6 Å². The largest absolute Gasteiger partial charge is 0.314 e. The molecule has 3 rings (SSSR count). The zero-order valence-electron chi connectivity index (χ0n) is 9.95. The van der Waals surface area contributed by atoms with E-state index in [1.54, 1.807) is 0 Å². The summed E-state index contributed by atoms with van der Waals surface area (Å²) in [7, 11) is 2.02. The average Bonchev–Trinajstić information content (AvgIpc) is 3.07. The van der Waals surface area contributed by atoms with E-state index in [4.69, 9.17) is 0 Å². The van der Waals surface area contributed by atoms with Gasteiger partial charge in [-0.25, -0.2) is 4.98 Å². The smallest absolute Gasteiger partial charge is 0.154 e. The quantitative estimate of drug-likeness (QED) is 0.836. The van der Waals surface area contributed by atoms with Crippen molar-refractivity contribution in [1.29, 1.82) is 0 Å². The summed E-state index contributed by atoms with van der Waals surface area (Å²) < 4.78 is 1.98. The SMILES string of the molecule is Cn1nc(C2CC2)nc1CC1CCCCN1. The highest BCUT2D eigenvalue weighted by Gasteiger charge is 2.28. The Morgan fingerprint density at radius 1 is 1.31 bits per heavy atom. The molecule has 2 heterocycles. The molecule has 0 amide bonds. The zero-order valence-corrected chi connectivity index (χ0v) is 9.95. The number of aromatic nitrogens is 3. The number of nitrogens with one attached hydrogen (secondary N) is 1. The molecule has 1 unspecified atom stereocenters. The Bertz CT molecular complexity index is 361. The minimum Gasteiger partial charge on any atom is -0.314 e. The van der Waals surface area contributed by atoms with Crippen molar-refractivity contribution in [2.24, 2.45) is 7.05 Å². The van der Waals surface area contributed by atoms with E-state index in [9.17, 15) is 0 Å². The van der Waals surface area contributed by atoms with Crippen LogP contribution in [0.3, 0.4) is 0 Å². The molecule has 0 aromatic carbocycles. The second kappa shape index (κ2) is 4.17. The lowest BCUT2D eigenvalue weighted by Crippen LogP contribution is -2.36. The third-order valence-corrected chi connectivity index (χ3v) is 3.65. The Balaban J connectivity index is 1.68. The molecule has 1 saturated heterocycles. The van der Waals surface area contributed by atoms with Gasteiger partial charge in [0.2, 0.25) is 0 Å². The van der Waals surface area contributed by atoms with Crippen LogP contribution in [0.4, 0.5) is 0 Å². The highest BCUT2D eigenvalue weighted by molar-refractivity contribution is 5.06. The number of rotatable bonds is 3. The lowest BCUT2D eigenvalue weighted by Gasteiger charge is -2.22. The number of nitrogens with zero attached hydrogens (tertiary/aromatic N) is 3. The maximum Gasteiger partial charge on any atom is 0.154 e. The van der Waals surface area contributed by atoms with E-state index in [0.717, 1.165) is 24.6 Å². The Morgan fingerprint density at radius 3 is 2.88 bits per heavy atom. The highest BCUT2D eigenvalue weighted by Crippen LogP contribution is 2.38. The van der Waals surface area contributed by atoms with Crippen LogP contribution in [0.5, 0.6) is 0 Å². The molecule has 88 valence electrons. The number of piperidine rings is 1. The van der Waals surface area contributed by atoms with Gasteiger partial charge in [-0.15, -0.1) is 0 Å². The van der Waals surface area contributed by atoms with E-state index in [1.807, 2.05) is 11.7 Å². The van der Waals surface area contributed by atoms with Crippen molar-refractivity contribution in [3.63, 3.8) is 0 Å². The zero-order chi connectivity index (χ0) is 11.0. The Hall–Kier alpha value is -0.900. The van der Waals surface area contributed by atoms with E-state index >= 15 is 0 Å². The van der Waals surface area contributed by atoms with Crippen molar-refractivity contribution in [2.75, 3.05) is 6.54 Å². The molecule has 0 spiro atoms. The molecule has 2 aliphatic rings. The van der Waals surface area contributed by atoms with Gasteiger partial charge in [0, 0.05) is 25.4 Å². The van der Waals surface area contributed by atoms with Crippen LogP contribution in [-0.2, 0) is 13.5 Å². The molecule has 4 nitrogen and oxygen atoms in total. The van der Waals surface area contributed by atoms with Crippen molar-refractivity contribution in [1.82, 2.24) is 20.1 Å². The van der Waals surface area contributed by atoms with E-state index < -0.39 is 0 Å². The van der Waals surface area contributed by atoms with Crippen LogP contribution in [0.25, 0.3) is 0 Å². The van der Waals surface area contributed by atoms with Gasteiger partial charge < -0.3 is 5.32 Å². The van der Waals surface area contributed by atoms with Gasteiger partial charge in [-0.2, -0.15) is 5.10 Å². The highest BCUT2D eigenvalue weighted by atomic mass is 15.3. The molecule has 1 aromatic rings. The summed E-state index contributed by atoms with van der Waals surface area (Å²) in [5, 5.41) is 8.08. The maximum atomic E-state index is 4.68. The fourth-order valence-corrected chi connectivity index (χ4v) is 2.45. The molecular weight excluding hydrogens is 200 g/mol. The molecule has 0 radical (unpaired) electrons. The Morgan fingerprint density at radius 2 is 2.19 bits per heavy atom. The van der Waals surface area contributed by atoms with Gasteiger partial charge in [-0.1, -0.05) is 6.42 Å². The van der Waals surface area contributed by atoms with Crippen LogP contribution in [-0.4, -0.2) is 27.4 Å². The topological polar surface area (TPSA) is 42.7 Å². The van der Waals surface area contributed by atoms with E-state index in [0.29, 0.717) is 12.0 Å². The van der Waals surface area contributed by atoms with E-state index in [1.165, 1.54) is 32.1 Å². The van der Waals surface area contributed by atoms with Crippen molar-refractivity contribution >= 4 is 0 Å². The molecular formula is C12H20N4. The monoisotopic (exact) mass is 220 g/mol. The molecule has 4 heteroatoms. The summed E-state index contributed by atoms with van der Waals surface area (Å²) in [6.07, 6.45) is 7.56. The Kier molecular flexibility index (Phi) is 2.67. The van der Waals surface area contributed by atoms with Gasteiger partial charge >= 0.3 is 0 Å². The number of hydrogen-bond acceptors (Lipinski definition) is 3. The van der Waals surface area contributed by atoms with Crippen molar-refractivity contribution < 1.29 is 0 Å². The Labute approximate surface area is 96.4 Å².